The maximum atomic E-state index is 11.7. The highest BCUT2D eigenvalue weighted by molar-refractivity contribution is 14.1. The Balaban J connectivity index is 2.46. The van der Waals surface area contributed by atoms with Crippen LogP contribution < -0.4 is 5.32 Å². The SMILES string of the molecule is O=C(NCC[C@H](O)C(=O)O)c1ccccc1I. The highest BCUT2D eigenvalue weighted by Gasteiger charge is 2.14. The molecule has 0 aliphatic carbocycles. The van der Waals surface area contributed by atoms with Crippen LogP contribution in [0.15, 0.2) is 24.3 Å². The first-order valence-electron chi connectivity index (χ1n) is 4.96. The number of carboxylic acids is 1. The predicted octanol–water partition coefficient (Wildman–Crippen LogP) is 0.857. The summed E-state index contributed by atoms with van der Waals surface area (Å²) in [5, 5.41) is 20.0. The van der Waals surface area contributed by atoms with Crippen LogP contribution in [0.5, 0.6) is 0 Å². The number of aliphatic hydroxyl groups excluding tert-OH is 1. The van der Waals surface area contributed by atoms with E-state index in [-0.39, 0.29) is 18.9 Å². The largest absolute Gasteiger partial charge is 0.479 e. The van der Waals surface area contributed by atoms with E-state index in [1.54, 1.807) is 12.1 Å². The summed E-state index contributed by atoms with van der Waals surface area (Å²) >= 11 is 2.05. The van der Waals surface area contributed by atoms with E-state index >= 15 is 0 Å². The molecule has 0 aliphatic rings. The van der Waals surface area contributed by atoms with E-state index in [0.29, 0.717) is 5.56 Å². The van der Waals surface area contributed by atoms with Gasteiger partial charge in [0, 0.05) is 16.5 Å². The van der Waals surface area contributed by atoms with Crippen molar-refractivity contribution in [2.75, 3.05) is 6.54 Å². The second-order valence-corrected chi connectivity index (χ2v) is 4.54. The minimum absolute atomic E-state index is 0.00944. The van der Waals surface area contributed by atoms with Gasteiger partial charge in [0.2, 0.25) is 0 Å². The van der Waals surface area contributed by atoms with Gasteiger partial charge >= 0.3 is 5.97 Å². The summed E-state index contributed by atoms with van der Waals surface area (Å²) in [6.45, 7) is 0.122. The third-order valence-electron chi connectivity index (χ3n) is 2.11. The average molecular weight is 349 g/mol. The Hall–Kier alpha value is -1.15. The number of aliphatic carboxylic acids is 1. The Morgan fingerprint density at radius 3 is 2.59 bits per heavy atom. The molecule has 1 amide bonds. The molecule has 0 radical (unpaired) electrons. The van der Waals surface area contributed by atoms with Crippen LogP contribution in [0.4, 0.5) is 0 Å². The molecular weight excluding hydrogens is 337 g/mol. The molecule has 0 fully saturated rings. The molecule has 0 saturated heterocycles. The van der Waals surface area contributed by atoms with Crippen molar-refractivity contribution in [3.05, 3.63) is 33.4 Å². The molecule has 0 saturated carbocycles. The van der Waals surface area contributed by atoms with E-state index in [0.717, 1.165) is 3.57 Å². The lowest BCUT2D eigenvalue weighted by atomic mass is 10.2. The van der Waals surface area contributed by atoms with E-state index in [1.807, 2.05) is 34.7 Å². The normalized spacial score (nSPS) is 11.9. The van der Waals surface area contributed by atoms with Crippen LogP contribution in [0.2, 0.25) is 0 Å². The van der Waals surface area contributed by atoms with Gasteiger partial charge in [-0.05, 0) is 34.7 Å². The van der Waals surface area contributed by atoms with Crippen LogP contribution >= 0.6 is 22.6 Å². The van der Waals surface area contributed by atoms with Crippen molar-refractivity contribution >= 4 is 34.5 Å². The molecule has 0 bridgehead atoms. The molecule has 0 spiro atoms. The van der Waals surface area contributed by atoms with Gasteiger partial charge in [0.15, 0.2) is 6.10 Å². The number of amides is 1. The van der Waals surface area contributed by atoms with Crippen molar-refractivity contribution in [1.82, 2.24) is 5.32 Å². The lowest BCUT2D eigenvalue weighted by molar-refractivity contribution is -0.146. The van der Waals surface area contributed by atoms with E-state index < -0.39 is 12.1 Å². The minimum atomic E-state index is -1.44. The highest BCUT2D eigenvalue weighted by atomic mass is 127. The van der Waals surface area contributed by atoms with E-state index in [1.165, 1.54) is 0 Å². The Kier molecular flexibility index (Phi) is 5.36. The monoisotopic (exact) mass is 349 g/mol. The highest BCUT2D eigenvalue weighted by Crippen LogP contribution is 2.10. The van der Waals surface area contributed by atoms with Gasteiger partial charge in [0.25, 0.3) is 5.91 Å². The van der Waals surface area contributed by atoms with Gasteiger partial charge in [-0.3, -0.25) is 4.79 Å². The zero-order chi connectivity index (χ0) is 12.8. The van der Waals surface area contributed by atoms with Gasteiger partial charge in [0.1, 0.15) is 0 Å². The number of nitrogens with one attached hydrogen (secondary N) is 1. The lowest BCUT2D eigenvalue weighted by Crippen LogP contribution is -2.30. The first kappa shape index (κ1) is 13.9. The number of benzene rings is 1. The van der Waals surface area contributed by atoms with Gasteiger partial charge in [-0.15, -0.1) is 0 Å². The lowest BCUT2D eigenvalue weighted by Gasteiger charge is -2.08. The molecule has 17 heavy (non-hydrogen) atoms. The van der Waals surface area contributed by atoms with Gasteiger partial charge < -0.3 is 15.5 Å². The van der Waals surface area contributed by atoms with Gasteiger partial charge in [-0.25, -0.2) is 4.79 Å². The van der Waals surface area contributed by atoms with Crippen molar-refractivity contribution in [3.8, 4) is 0 Å². The third-order valence-corrected chi connectivity index (χ3v) is 3.05. The molecule has 1 atom stereocenters. The fraction of sp³-hybridized carbons (Fsp3) is 0.273. The number of aliphatic hydroxyl groups is 1. The Labute approximate surface area is 112 Å². The van der Waals surface area contributed by atoms with Crippen LogP contribution in [0.25, 0.3) is 0 Å². The standard InChI is InChI=1S/C11H12INO4/c12-8-4-2-1-3-7(8)10(15)13-6-5-9(14)11(16)17/h1-4,9,14H,5-6H2,(H,13,15)(H,16,17)/t9-/m0/s1. The fourth-order valence-corrected chi connectivity index (χ4v) is 1.82. The van der Waals surface area contributed by atoms with Gasteiger partial charge in [-0.2, -0.15) is 0 Å². The first-order valence-corrected chi connectivity index (χ1v) is 6.04. The smallest absolute Gasteiger partial charge is 0.332 e. The second-order valence-electron chi connectivity index (χ2n) is 3.38. The molecule has 0 unspecified atom stereocenters. The topological polar surface area (TPSA) is 86.6 Å². The van der Waals surface area contributed by atoms with Gasteiger partial charge in [0.05, 0.1) is 5.56 Å². The van der Waals surface area contributed by atoms with E-state index in [2.05, 4.69) is 5.32 Å². The maximum Gasteiger partial charge on any atom is 0.332 e. The summed E-state index contributed by atoms with van der Waals surface area (Å²) in [4.78, 5) is 22.0. The van der Waals surface area contributed by atoms with Crippen LogP contribution in [0, 0.1) is 3.57 Å². The first-order chi connectivity index (χ1) is 8.02. The molecule has 1 aromatic carbocycles. The zero-order valence-corrected chi connectivity index (χ0v) is 11.0. The van der Waals surface area contributed by atoms with Crippen LogP contribution in [-0.2, 0) is 4.79 Å². The predicted molar refractivity (Wildman–Crippen MR) is 69.8 cm³/mol. The molecule has 6 heteroatoms. The van der Waals surface area contributed by atoms with Crippen molar-refractivity contribution in [1.29, 1.82) is 0 Å². The van der Waals surface area contributed by atoms with Crippen molar-refractivity contribution in [3.63, 3.8) is 0 Å². The Morgan fingerprint density at radius 1 is 1.35 bits per heavy atom. The average Bonchev–Trinajstić information content (AvgIpc) is 2.29. The molecular formula is C11H12INO4. The van der Waals surface area contributed by atoms with Gasteiger partial charge in [-0.1, -0.05) is 12.1 Å². The molecule has 1 aromatic rings. The number of rotatable bonds is 5. The molecule has 92 valence electrons. The Morgan fingerprint density at radius 2 is 2.00 bits per heavy atom. The minimum Gasteiger partial charge on any atom is -0.479 e. The summed E-state index contributed by atoms with van der Waals surface area (Å²) in [5.41, 5.74) is 0.540. The van der Waals surface area contributed by atoms with Crippen molar-refractivity contribution in [2.24, 2.45) is 0 Å². The molecule has 3 N–H and O–H groups in total. The number of hydrogen-bond donors (Lipinski definition) is 3. The second kappa shape index (κ2) is 6.55. The third kappa shape index (κ3) is 4.31. The molecule has 0 heterocycles. The maximum absolute atomic E-state index is 11.7. The summed E-state index contributed by atoms with van der Waals surface area (Å²) < 4.78 is 0.821. The molecule has 0 aromatic heterocycles. The van der Waals surface area contributed by atoms with Crippen molar-refractivity contribution < 1.29 is 19.8 Å². The van der Waals surface area contributed by atoms with Crippen LogP contribution in [0.3, 0.4) is 0 Å². The number of carbonyl (C=O) groups excluding carboxylic acids is 1. The molecule has 5 nitrogen and oxygen atoms in total. The summed E-state index contributed by atoms with van der Waals surface area (Å²) in [6, 6.07) is 7.07. The van der Waals surface area contributed by atoms with Crippen LogP contribution in [-0.4, -0.2) is 34.7 Å². The van der Waals surface area contributed by atoms with Crippen LogP contribution in [0.1, 0.15) is 16.8 Å². The summed E-state index contributed by atoms with van der Waals surface area (Å²) in [6.07, 6.45) is -1.45. The number of hydrogen-bond acceptors (Lipinski definition) is 3. The summed E-state index contributed by atoms with van der Waals surface area (Å²) in [5.74, 6) is -1.55. The number of carboxylic acid groups (broad SMARTS) is 1. The summed E-state index contributed by atoms with van der Waals surface area (Å²) in [7, 11) is 0. The number of halogens is 1. The van der Waals surface area contributed by atoms with Crippen molar-refractivity contribution in [2.45, 2.75) is 12.5 Å². The zero-order valence-electron chi connectivity index (χ0n) is 8.89. The Bertz CT molecular complexity index is 422. The molecule has 0 aliphatic heterocycles. The fourth-order valence-electron chi connectivity index (χ4n) is 1.19. The van der Waals surface area contributed by atoms with E-state index in [4.69, 9.17) is 10.2 Å². The van der Waals surface area contributed by atoms with E-state index in [9.17, 15) is 9.59 Å². The quantitative estimate of drug-likeness (QED) is 0.688. The molecule has 1 rings (SSSR count). The number of carbonyl (C=O) groups is 2.